The number of nitrogens with two attached hydrogens (primary N) is 1. The van der Waals surface area contributed by atoms with Crippen molar-refractivity contribution < 1.29 is 14.3 Å². The number of hydrogen-bond acceptors (Lipinski definition) is 6. The SMILES string of the molecule is C[C@@H]1CCc2nc3sc(C(=O)OC4CCN(C(=O)Nc5ccccc5)CC4)c(N)c3cc2C1. The molecule has 0 saturated carbocycles. The predicted octanol–water partition coefficient (Wildman–Crippen LogP) is 4.86. The Bertz CT molecular complexity index is 1190. The first-order valence-corrected chi connectivity index (χ1v) is 12.3. The average molecular weight is 465 g/mol. The number of piperidine rings is 1. The van der Waals surface area contributed by atoms with Gasteiger partial charge in [-0.3, -0.25) is 0 Å². The van der Waals surface area contributed by atoms with Gasteiger partial charge in [-0.25, -0.2) is 14.6 Å². The maximum atomic E-state index is 12.9. The number of nitrogen functional groups attached to an aromatic ring is 1. The second kappa shape index (κ2) is 9.02. The summed E-state index contributed by atoms with van der Waals surface area (Å²) < 4.78 is 5.78. The summed E-state index contributed by atoms with van der Waals surface area (Å²) in [6, 6.07) is 11.4. The number of thiophene rings is 1. The zero-order valence-corrected chi connectivity index (χ0v) is 19.5. The van der Waals surface area contributed by atoms with Gasteiger partial charge >= 0.3 is 12.0 Å². The number of pyridine rings is 1. The molecule has 8 heteroatoms. The molecule has 1 atom stereocenters. The Labute approximate surface area is 196 Å². The number of nitrogens with one attached hydrogen (secondary N) is 1. The van der Waals surface area contributed by atoms with E-state index in [0.717, 1.165) is 40.9 Å². The smallest absolute Gasteiger partial charge is 0.350 e. The number of para-hydroxylation sites is 1. The van der Waals surface area contributed by atoms with Gasteiger partial charge < -0.3 is 20.7 Å². The highest BCUT2D eigenvalue weighted by Crippen LogP contribution is 2.37. The monoisotopic (exact) mass is 464 g/mol. The molecule has 5 rings (SSSR count). The van der Waals surface area contributed by atoms with Crippen molar-refractivity contribution in [3.05, 3.63) is 52.5 Å². The van der Waals surface area contributed by atoms with Gasteiger partial charge in [0.05, 0.1) is 5.69 Å². The average Bonchev–Trinajstić information content (AvgIpc) is 3.14. The van der Waals surface area contributed by atoms with Crippen LogP contribution in [0.3, 0.4) is 0 Å². The van der Waals surface area contributed by atoms with Gasteiger partial charge in [-0.2, -0.15) is 0 Å². The van der Waals surface area contributed by atoms with Gasteiger partial charge in [0.1, 0.15) is 15.8 Å². The molecular formula is C25H28N4O3S. The Morgan fingerprint density at radius 2 is 1.94 bits per heavy atom. The number of anilines is 2. The maximum absolute atomic E-state index is 12.9. The van der Waals surface area contributed by atoms with Gasteiger partial charge in [-0.05, 0) is 48.9 Å². The zero-order chi connectivity index (χ0) is 22.9. The minimum atomic E-state index is -0.394. The molecule has 3 aromatic rings. The van der Waals surface area contributed by atoms with E-state index in [2.05, 4.69) is 18.3 Å². The molecule has 1 aliphatic heterocycles. The molecule has 0 spiro atoms. The van der Waals surface area contributed by atoms with Crippen LogP contribution in [0.5, 0.6) is 0 Å². The van der Waals surface area contributed by atoms with Crippen molar-refractivity contribution in [3.63, 3.8) is 0 Å². The van der Waals surface area contributed by atoms with E-state index in [1.54, 1.807) is 4.90 Å². The van der Waals surface area contributed by atoms with Gasteiger partial charge in [0.2, 0.25) is 0 Å². The molecular weight excluding hydrogens is 436 g/mol. The van der Waals surface area contributed by atoms with Gasteiger partial charge in [-0.15, -0.1) is 11.3 Å². The lowest BCUT2D eigenvalue weighted by molar-refractivity contribution is 0.0164. The number of nitrogens with zero attached hydrogens (tertiary/aromatic N) is 2. The van der Waals surface area contributed by atoms with E-state index >= 15 is 0 Å². The number of carbonyl (C=O) groups is 2. The molecule has 1 fully saturated rings. The zero-order valence-electron chi connectivity index (χ0n) is 18.7. The molecule has 2 amide bonds. The van der Waals surface area contributed by atoms with Crippen LogP contribution in [0.15, 0.2) is 36.4 Å². The van der Waals surface area contributed by atoms with Crippen molar-refractivity contribution in [2.75, 3.05) is 24.1 Å². The summed E-state index contributed by atoms with van der Waals surface area (Å²) in [4.78, 5) is 33.2. The van der Waals surface area contributed by atoms with Crippen molar-refractivity contribution in [2.45, 2.75) is 45.1 Å². The normalized spacial score (nSPS) is 18.7. The fourth-order valence-corrected chi connectivity index (χ4v) is 5.61. The number of fused-ring (bicyclic) bond motifs is 2. The van der Waals surface area contributed by atoms with E-state index in [0.29, 0.717) is 42.4 Å². The van der Waals surface area contributed by atoms with Gasteiger partial charge in [0.25, 0.3) is 0 Å². The summed E-state index contributed by atoms with van der Waals surface area (Å²) in [5, 5.41) is 3.75. The molecule has 7 nitrogen and oxygen atoms in total. The van der Waals surface area contributed by atoms with Crippen LogP contribution in [-0.4, -0.2) is 41.1 Å². The molecule has 2 aliphatic rings. The van der Waals surface area contributed by atoms with Crippen LogP contribution in [0, 0.1) is 5.92 Å². The lowest BCUT2D eigenvalue weighted by Gasteiger charge is -2.31. The lowest BCUT2D eigenvalue weighted by atomic mass is 9.87. The van der Waals surface area contributed by atoms with Gasteiger partial charge in [0.15, 0.2) is 0 Å². The minimum Gasteiger partial charge on any atom is -0.458 e. The third-order valence-corrected chi connectivity index (χ3v) is 7.64. The first-order valence-electron chi connectivity index (χ1n) is 11.5. The second-order valence-corrected chi connectivity index (χ2v) is 10.0. The van der Waals surface area contributed by atoms with Crippen molar-refractivity contribution in [3.8, 4) is 0 Å². The van der Waals surface area contributed by atoms with Gasteiger partial charge in [-0.1, -0.05) is 25.1 Å². The number of rotatable bonds is 3. The van der Waals surface area contributed by atoms with E-state index in [-0.39, 0.29) is 12.1 Å². The summed E-state index contributed by atoms with van der Waals surface area (Å²) in [7, 11) is 0. The van der Waals surface area contributed by atoms with Crippen LogP contribution in [-0.2, 0) is 17.6 Å². The summed E-state index contributed by atoms with van der Waals surface area (Å²) in [5.74, 6) is 0.246. The Morgan fingerprint density at radius 1 is 1.18 bits per heavy atom. The number of hydrogen-bond donors (Lipinski definition) is 2. The summed E-state index contributed by atoms with van der Waals surface area (Å²) in [5.41, 5.74) is 9.96. The first-order chi connectivity index (χ1) is 16.0. The van der Waals surface area contributed by atoms with E-state index in [1.165, 1.54) is 16.9 Å². The molecule has 1 aliphatic carbocycles. The molecule has 0 unspecified atom stereocenters. The quantitative estimate of drug-likeness (QED) is 0.540. The van der Waals surface area contributed by atoms with E-state index in [1.807, 2.05) is 30.3 Å². The molecule has 0 radical (unpaired) electrons. The summed E-state index contributed by atoms with van der Waals surface area (Å²) in [6.45, 7) is 3.32. The maximum Gasteiger partial charge on any atom is 0.350 e. The summed E-state index contributed by atoms with van der Waals surface area (Å²) >= 11 is 1.32. The van der Waals surface area contributed by atoms with Crippen molar-refractivity contribution >= 4 is 44.9 Å². The Kier molecular flexibility index (Phi) is 5.93. The fourth-order valence-electron chi connectivity index (χ4n) is 4.63. The number of carbonyl (C=O) groups excluding carboxylic acids is 2. The predicted molar refractivity (Wildman–Crippen MR) is 131 cm³/mol. The third kappa shape index (κ3) is 4.53. The number of amides is 2. The van der Waals surface area contributed by atoms with Crippen LogP contribution in [0.2, 0.25) is 0 Å². The molecule has 3 N–H and O–H groups in total. The second-order valence-electron chi connectivity index (χ2n) is 9.03. The third-order valence-electron chi connectivity index (χ3n) is 6.55. The topological polar surface area (TPSA) is 97.5 Å². The van der Waals surface area contributed by atoms with Crippen molar-refractivity contribution in [2.24, 2.45) is 5.92 Å². The molecule has 2 aromatic heterocycles. The van der Waals surface area contributed by atoms with Crippen LogP contribution < -0.4 is 11.1 Å². The van der Waals surface area contributed by atoms with E-state index in [4.69, 9.17) is 15.5 Å². The first kappa shape index (κ1) is 21.7. The van der Waals surface area contributed by atoms with Crippen molar-refractivity contribution in [1.29, 1.82) is 0 Å². The number of likely N-dealkylation sites (tertiary alicyclic amines) is 1. The lowest BCUT2D eigenvalue weighted by Crippen LogP contribution is -2.43. The fraction of sp³-hybridized carbons (Fsp3) is 0.400. The molecule has 1 saturated heterocycles. The minimum absolute atomic E-state index is 0.135. The van der Waals surface area contributed by atoms with Gasteiger partial charge in [0, 0.05) is 42.7 Å². The molecule has 1 aromatic carbocycles. The molecule has 3 heterocycles. The van der Waals surface area contributed by atoms with Crippen LogP contribution in [0.1, 0.15) is 47.1 Å². The number of urea groups is 1. The Balaban J connectivity index is 1.21. The van der Waals surface area contributed by atoms with Crippen LogP contribution in [0.4, 0.5) is 16.2 Å². The highest BCUT2D eigenvalue weighted by atomic mass is 32.1. The van der Waals surface area contributed by atoms with Crippen LogP contribution in [0.25, 0.3) is 10.2 Å². The molecule has 33 heavy (non-hydrogen) atoms. The molecule has 172 valence electrons. The molecule has 0 bridgehead atoms. The standard InChI is InChI=1S/C25H28N4O3S/c1-15-7-8-20-16(13-15)14-19-21(26)22(33-23(19)28-20)24(30)32-18-9-11-29(12-10-18)25(31)27-17-5-3-2-4-6-17/h2-6,14-15,18H,7-13,26H2,1H3,(H,27,31)/t15-/m1/s1. The Hall–Kier alpha value is -3.13. The highest BCUT2D eigenvalue weighted by Gasteiger charge is 2.28. The number of esters is 1. The summed E-state index contributed by atoms with van der Waals surface area (Å²) in [6.07, 6.45) is 4.09. The Morgan fingerprint density at radius 3 is 2.70 bits per heavy atom. The number of aryl methyl sites for hydroxylation is 1. The van der Waals surface area contributed by atoms with E-state index in [9.17, 15) is 9.59 Å². The number of benzene rings is 1. The largest absolute Gasteiger partial charge is 0.458 e. The van der Waals surface area contributed by atoms with Crippen LogP contribution >= 0.6 is 11.3 Å². The number of aromatic nitrogens is 1. The van der Waals surface area contributed by atoms with Crippen molar-refractivity contribution in [1.82, 2.24) is 9.88 Å². The van der Waals surface area contributed by atoms with E-state index < -0.39 is 5.97 Å². The highest BCUT2D eigenvalue weighted by molar-refractivity contribution is 7.21. The number of ether oxygens (including phenoxy) is 1.